The molecule has 7 heteroatoms. The number of carbonyl (C=O) groups excluding carboxylic acids is 1. The maximum absolute atomic E-state index is 13.6. The molecular formula is C19H16F2N4O. The summed E-state index contributed by atoms with van der Waals surface area (Å²) in [6, 6.07) is 12.4. The molecule has 0 aliphatic carbocycles. The Morgan fingerprint density at radius 1 is 1.08 bits per heavy atom. The van der Waals surface area contributed by atoms with Gasteiger partial charge >= 0.3 is 0 Å². The second kappa shape index (κ2) is 7.69. The zero-order chi connectivity index (χ0) is 18.5. The first-order chi connectivity index (χ1) is 12.5. The molecule has 0 aliphatic rings. The van der Waals surface area contributed by atoms with Crippen molar-refractivity contribution in [1.82, 2.24) is 9.97 Å². The van der Waals surface area contributed by atoms with Crippen molar-refractivity contribution < 1.29 is 13.6 Å². The summed E-state index contributed by atoms with van der Waals surface area (Å²) in [6.07, 6.45) is 1.24. The quantitative estimate of drug-likeness (QED) is 0.729. The van der Waals surface area contributed by atoms with Crippen molar-refractivity contribution in [3.63, 3.8) is 0 Å². The monoisotopic (exact) mass is 354 g/mol. The molecule has 0 aliphatic heterocycles. The molecule has 3 rings (SSSR count). The fourth-order valence-corrected chi connectivity index (χ4v) is 2.37. The lowest BCUT2D eigenvalue weighted by molar-refractivity contribution is 0.102. The summed E-state index contributed by atoms with van der Waals surface area (Å²) in [6.45, 7) is 2.54. The Hall–Kier alpha value is -3.35. The van der Waals surface area contributed by atoms with Gasteiger partial charge in [0, 0.05) is 18.7 Å². The van der Waals surface area contributed by atoms with Gasteiger partial charge in [-0.25, -0.2) is 18.7 Å². The molecule has 1 amide bonds. The molecule has 1 aromatic heterocycles. The Labute approximate surface area is 149 Å². The number of nitrogens with one attached hydrogen (secondary N) is 2. The number of rotatable bonds is 5. The summed E-state index contributed by atoms with van der Waals surface area (Å²) in [5.74, 6) is -1.72. The molecular weight excluding hydrogens is 338 g/mol. The number of nitrogens with zero attached hydrogens (tertiary/aromatic N) is 2. The molecule has 1 heterocycles. The van der Waals surface area contributed by atoms with E-state index in [1.165, 1.54) is 12.4 Å². The van der Waals surface area contributed by atoms with Gasteiger partial charge in [-0.1, -0.05) is 29.8 Å². The third-order valence-corrected chi connectivity index (χ3v) is 3.64. The van der Waals surface area contributed by atoms with E-state index in [-0.39, 0.29) is 11.4 Å². The lowest BCUT2D eigenvalue weighted by Gasteiger charge is -2.09. The van der Waals surface area contributed by atoms with E-state index in [1.54, 1.807) is 0 Å². The van der Waals surface area contributed by atoms with Gasteiger partial charge < -0.3 is 10.6 Å². The van der Waals surface area contributed by atoms with E-state index >= 15 is 0 Å². The smallest absolute Gasteiger partial charge is 0.274 e. The Balaban J connectivity index is 1.69. The Kier molecular flexibility index (Phi) is 5.17. The highest BCUT2D eigenvalue weighted by molar-refractivity contribution is 6.03. The SMILES string of the molecule is Cc1cccc(CNc2cc(C(=O)Nc3ccc(F)cc3F)ncn2)c1. The first kappa shape index (κ1) is 17.5. The minimum absolute atomic E-state index is 0.0652. The van der Waals surface area contributed by atoms with Gasteiger partial charge in [-0.3, -0.25) is 4.79 Å². The third kappa shape index (κ3) is 4.38. The van der Waals surface area contributed by atoms with Crippen molar-refractivity contribution >= 4 is 17.4 Å². The molecule has 0 fully saturated rings. The van der Waals surface area contributed by atoms with Crippen LogP contribution >= 0.6 is 0 Å². The normalized spacial score (nSPS) is 10.4. The average Bonchev–Trinajstić information content (AvgIpc) is 2.62. The topological polar surface area (TPSA) is 66.9 Å². The minimum atomic E-state index is -0.856. The first-order valence-corrected chi connectivity index (χ1v) is 7.89. The van der Waals surface area contributed by atoms with Gasteiger partial charge in [-0.15, -0.1) is 0 Å². The molecule has 0 saturated carbocycles. The molecule has 0 spiro atoms. The van der Waals surface area contributed by atoms with E-state index < -0.39 is 17.5 Å². The number of anilines is 2. The summed E-state index contributed by atoms with van der Waals surface area (Å²) in [4.78, 5) is 20.2. The summed E-state index contributed by atoms with van der Waals surface area (Å²) in [5, 5.41) is 5.47. The molecule has 0 bridgehead atoms. The van der Waals surface area contributed by atoms with Crippen LogP contribution in [-0.2, 0) is 6.54 Å². The summed E-state index contributed by atoms with van der Waals surface area (Å²) in [5.41, 5.74) is 2.16. The number of aromatic nitrogens is 2. The van der Waals surface area contributed by atoms with Crippen molar-refractivity contribution in [2.75, 3.05) is 10.6 Å². The van der Waals surface area contributed by atoms with Crippen LogP contribution in [-0.4, -0.2) is 15.9 Å². The molecule has 132 valence electrons. The van der Waals surface area contributed by atoms with Gasteiger partial charge in [0.2, 0.25) is 0 Å². The van der Waals surface area contributed by atoms with Crippen LogP contribution in [0.2, 0.25) is 0 Å². The minimum Gasteiger partial charge on any atom is -0.366 e. The molecule has 26 heavy (non-hydrogen) atoms. The fourth-order valence-electron chi connectivity index (χ4n) is 2.37. The Bertz CT molecular complexity index is 946. The van der Waals surface area contributed by atoms with Crippen molar-refractivity contribution in [2.24, 2.45) is 0 Å². The van der Waals surface area contributed by atoms with Crippen LogP contribution in [0.5, 0.6) is 0 Å². The van der Waals surface area contributed by atoms with Crippen LogP contribution in [0, 0.1) is 18.6 Å². The highest BCUT2D eigenvalue weighted by Crippen LogP contribution is 2.16. The number of carbonyl (C=O) groups is 1. The largest absolute Gasteiger partial charge is 0.366 e. The van der Waals surface area contributed by atoms with Gasteiger partial charge in [0.15, 0.2) is 0 Å². The van der Waals surface area contributed by atoms with Crippen LogP contribution in [0.1, 0.15) is 21.6 Å². The van der Waals surface area contributed by atoms with Crippen LogP contribution in [0.3, 0.4) is 0 Å². The predicted molar refractivity (Wildman–Crippen MR) is 94.8 cm³/mol. The van der Waals surface area contributed by atoms with E-state index in [0.29, 0.717) is 18.4 Å². The molecule has 2 N–H and O–H groups in total. The van der Waals surface area contributed by atoms with Crippen molar-refractivity contribution in [3.8, 4) is 0 Å². The van der Waals surface area contributed by atoms with Crippen LogP contribution in [0.15, 0.2) is 54.9 Å². The molecule has 0 radical (unpaired) electrons. The van der Waals surface area contributed by atoms with E-state index in [2.05, 4.69) is 20.6 Å². The zero-order valence-electron chi connectivity index (χ0n) is 14.0. The van der Waals surface area contributed by atoms with Gasteiger partial charge in [-0.2, -0.15) is 0 Å². The average molecular weight is 354 g/mol. The van der Waals surface area contributed by atoms with Crippen LogP contribution in [0.4, 0.5) is 20.3 Å². The number of hydrogen-bond acceptors (Lipinski definition) is 4. The first-order valence-electron chi connectivity index (χ1n) is 7.89. The zero-order valence-corrected chi connectivity index (χ0v) is 14.0. The fraction of sp³-hybridized carbons (Fsp3) is 0.105. The predicted octanol–water partition coefficient (Wildman–Crippen LogP) is 3.93. The lowest BCUT2D eigenvalue weighted by atomic mass is 10.1. The summed E-state index contributed by atoms with van der Waals surface area (Å²) in [7, 11) is 0. The molecule has 2 aromatic carbocycles. The van der Waals surface area contributed by atoms with Crippen LogP contribution in [0.25, 0.3) is 0 Å². The molecule has 0 saturated heterocycles. The van der Waals surface area contributed by atoms with Gasteiger partial charge in [-0.05, 0) is 24.6 Å². The highest BCUT2D eigenvalue weighted by atomic mass is 19.1. The lowest BCUT2D eigenvalue weighted by Crippen LogP contribution is -2.15. The van der Waals surface area contributed by atoms with E-state index in [4.69, 9.17) is 0 Å². The maximum atomic E-state index is 13.6. The second-order valence-electron chi connectivity index (χ2n) is 5.71. The van der Waals surface area contributed by atoms with Gasteiger partial charge in [0.1, 0.15) is 29.5 Å². The summed E-state index contributed by atoms with van der Waals surface area (Å²) >= 11 is 0. The number of benzene rings is 2. The molecule has 0 atom stereocenters. The van der Waals surface area contributed by atoms with Gasteiger partial charge in [0.05, 0.1) is 5.69 Å². The Morgan fingerprint density at radius 3 is 2.69 bits per heavy atom. The van der Waals surface area contributed by atoms with E-state index in [0.717, 1.165) is 23.3 Å². The van der Waals surface area contributed by atoms with Crippen molar-refractivity contribution in [2.45, 2.75) is 13.5 Å². The van der Waals surface area contributed by atoms with E-state index in [9.17, 15) is 13.6 Å². The van der Waals surface area contributed by atoms with E-state index in [1.807, 2.05) is 31.2 Å². The Morgan fingerprint density at radius 2 is 1.92 bits per heavy atom. The second-order valence-corrected chi connectivity index (χ2v) is 5.71. The number of hydrogen-bond donors (Lipinski definition) is 2. The van der Waals surface area contributed by atoms with Gasteiger partial charge in [0.25, 0.3) is 5.91 Å². The highest BCUT2D eigenvalue weighted by Gasteiger charge is 2.12. The molecule has 5 nitrogen and oxygen atoms in total. The van der Waals surface area contributed by atoms with Crippen LogP contribution < -0.4 is 10.6 Å². The standard InChI is InChI=1S/C19H16F2N4O/c1-12-3-2-4-13(7-12)10-22-18-9-17(23-11-24-18)19(26)25-16-6-5-14(20)8-15(16)21/h2-9,11H,10H2,1H3,(H,25,26)(H,22,23,24). The number of halogens is 2. The van der Waals surface area contributed by atoms with Crippen molar-refractivity contribution in [3.05, 3.63) is 83.3 Å². The molecule has 0 unspecified atom stereocenters. The summed E-state index contributed by atoms with van der Waals surface area (Å²) < 4.78 is 26.6. The third-order valence-electron chi connectivity index (χ3n) is 3.64. The molecule has 3 aromatic rings. The van der Waals surface area contributed by atoms with Crippen molar-refractivity contribution in [1.29, 1.82) is 0 Å². The number of aryl methyl sites for hydroxylation is 1. The number of amides is 1. The maximum Gasteiger partial charge on any atom is 0.274 e.